The first-order chi connectivity index (χ1) is 19.1. The van der Waals surface area contributed by atoms with E-state index in [-0.39, 0.29) is 29.2 Å². The van der Waals surface area contributed by atoms with Crippen LogP contribution in [0, 0.1) is 17.0 Å². The Morgan fingerprint density at radius 3 is 2.30 bits per heavy atom. The highest BCUT2D eigenvalue weighted by Gasteiger charge is 2.25. The van der Waals surface area contributed by atoms with Crippen molar-refractivity contribution >= 4 is 54.5 Å². The molecule has 4 rings (SSSR count). The van der Waals surface area contributed by atoms with Crippen molar-refractivity contribution < 1.29 is 18.1 Å². The summed E-state index contributed by atoms with van der Waals surface area (Å²) in [5, 5.41) is 16.8. The number of amides is 1. The van der Waals surface area contributed by atoms with E-state index in [1.807, 2.05) is 25.1 Å². The largest absolute Gasteiger partial charge is 0.280 e. The standard InChI is InChI=1S/C28H25N5O5S2/c1-4-16-31(17-5-2)40(37,38)24-13-9-22(10-14-24)27(34)32(28-30-25-15-6-20(3)18-26(25)39-28)29-19-21-7-11-23(12-8-21)33(35)36/h4-15,18-19H,1-2,16-17H2,3H3/b29-19+. The van der Waals surface area contributed by atoms with Crippen molar-refractivity contribution in [2.75, 3.05) is 18.1 Å². The van der Waals surface area contributed by atoms with E-state index in [1.165, 1.54) is 82.5 Å². The van der Waals surface area contributed by atoms with Crippen LogP contribution in [-0.2, 0) is 10.0 Å². The average molecular weight is 576 g/mol. The molecule has 0 saturated heterocycles. The van der Waals surface area contributed by atoms with Gasteiger partial charge in [-0.2, -0.15) is 14.4 Å². The number of benzene rings is 3. The van der Waals surface area contributed by atoms with Crippen LogP contribution in [0.2, 0.25) is 0 Å². The maximum absolute atomic E-state index is 13.7. The molecule has 1 heterocycles. The molecule has 0 aliphatic heterocycles. The fourth-order valence-corrected chi connectivity index (χ4v) is 6.11. The number of nitro benzene ring substituents is 1. The molecule has 204 valence electrons. The molecule has 0 spiro atoms. The summed E-state index contributed by atoms with van der Waals surface area (Å²) >= 11 is 1.28. The minimum Gasteiger partial charge on any atom is -0.267 e. The molecule has 1 amide bonds. The first-order valence-electron chi connectivity index (χ1n) is 12.0. The van der Waals surface area contributed by atoms with Gasteiger partial charge < -0.3 is 0 Å². The van der Waals surface area contributed by atoms with Gasteiger partial charge in [-0.05, 0) is 66.6 Å². The van der Waals surface area contributed by atoms with Crippen molar-refractivity contribution in [3.63, 3.8) is 0 Å². The lowest BCUT2D eigenvalue weighted by Crippen LogP contribution is -2.31. The Morgan fingerprint density at radius 2 is 1.70 bits per heavy atom. The van der Waals surface area contributed by atoms with E-state index >= 15 is 0 Å². The van der Waals surface area contributed by atoms with Crippen LogP contribution in [0.15, 0.2) is 102 Å². The van der Waals surface area contributed by atoms with Gasteiger partial charge in [-0.3, -0.25) is 14.9 Å². The number of hydrogen-bond donors (Lipinski definition) is 0. The number of fused-ring (bicyclic) bond motifs is 1. The number of aryl methyl sites for hydroxylation is 1. The molecule has 40 heavy (non-hydrogen) atoms. The maximum atomic E-state index is 13.7. The van der Waals surface area contributed by atoms with E-state index in [4.69, 9.17) is 0 Å². The lowest BCUT2D eigenvalue weighted by atomic mass is 10.2. The monoisotopic (exact) mass is 575 g/mol. The number of rotatable bonds is 11. The molecule has 0 saturated carbocycles. The summed E-state index contributed by atoms with van der Waals surface area (Å²) in [6, 6.07) is 17.0. The van der Waals surface area contributed by atoms with Gasteiger partial charge in [0.1, 0.15) is 0 Å². The highest BCUT2D eigenvalue weighted by Crippen LogP contribution is 2.31. The number of carbonyl (C=O) groups excluding carboxylic acids is 1. The molecule has 12 heteroatoms. The summed E-state index contributed by atoms with van der Waals surface area (Å²) in [5.74, 6) is -0.535. The minimum atomic E-state index is -3.84. The molecular formula is C28H25N5O5S2. The van der Waals surface area contributed by atoms with Gasteiger partial charge in [0.05, 0.1) is 26.3 Å². The third kappa shape index (κ3) is 6.20. The number of non-ortho nitro benzene ring substituents is 1. The Morgan fingerprint density at radius 1 is 1.05 bits per heavy atom. The lowest BCUT2D eigenvalue weighted by Gasteiger charge is -2.19. The fourth-order valence-electron chi connectivity index (χ4n) is 3.71. The third-order valence-electron chi connectivity index (χ3n) is 5.74. The van der Waals surface area contributed by atoms with Crippen LogP contribution in [0.1, 0.15) is 21.5 Å². The van der Waals surface area contributed by atoms with E-state index in [2.05, 4.69) is 23.2 Å². The molecule has 0 unspecified atom stereocenters. The average Bonchev–Trinajstić information content (AvgIpc) is 3.36. The number of anilines is 1. The minimum absolute atomic E-state index is 0.0177. The molecule has 0 aliphatic rings. The number of hydrogen-bond acceptors (Lipinski definition) is 8. The quantitative estimate of drug-likeness (QED) is 0.0998. The number of aromatic nitrogens is 1. The third-order valence-corrected chi connectivity index (χ3v) is 8.58. The topological polar surface area (TPSA) is 126 Å². The van der Waals surface area contributed by atoms with E-state index in [0.717, 1.165) is 15.3 Å². The molecular weight excluding hydrogens is 550 g/mol. The van der Waals surface area contributed by atoms with Crippen molar-refractivity contribution in [3.8, 4) is 0 Å². The van der Waals surface area contributed by atoms with Gasteiger partial charge in [0.15, 0.2) is 0 Å². The molecule has 3 aromatic carbocycles. The second-order valence-electron chi connectivity index (χ2n) is 8.60. The first-order valence-corrected chi connectivity index (χ1v) is 14.2. The Hall–Kier alpha value is -4.52. The molecule has 4 aromatic rings. The molecule has 0 N–H and O–H groups in total. The Balaban J connectivity index is 1.70. The molecule has 1 aromatic heterocycles. The molecule has 10 nitrogen and oxygen atoms in total. The fraction of sp³-hybridized carbons (Fsp3) is 0.107. The SMILES string of the molecule is C=CCN(CC=C)S(=O)(=O)c1ccc(C(=O)N(/N=C/c2ccc([N+](=O)[O-])cc2)c2nc3ccc(C)cc3s2)cc1. The summed E-state index contributed by atoms with van der Waals surface area (Å²) in [6.07, 6.45) is 4.37. The van der Waals surface area contributed by atoms with Crippen molar-refractivity contribution in [1.29, 1.82) is 0 Å². The molecule has 0 aliphatic carbocycles. The van der Waals surface area contributed by atoms with Gasteiger partial charge in [-0.15, -0.1) is 13.2 Å². The summed E-state index contributed by atoms with van der Waals surface area (Å²) in [7, 11) is -3.84. The zero-order valence-electron chi connectivity index (χ0n) is 21.5. The van der Waals surface area contributed by atoms with Crippen LogP contribution in [0.3, 0.4) is 0 Å². The summed E-state index contributed by atoms with van der Waals surface area (Å²) < 4.78 is 28.2. The molecule has 0 bridgehead atoms. The zero-order chi connectivity index (χ0) is 28.9. The van der Waals surface area contributed by atoms with E-state index in [0.29, 0.717) is 16.2 Å². The van der Waals surface area contributed by atoms with Crippen molar-refractivity contribution in [3.05, 3.63) is 119 Å². The highest BCUT2D eigenvalue weighted by atomic mass is 32.2. The second-order valence-corrected chi connectivity index (χ2v) is 11.5. The van der Waals surface area contributed by atoms with E-state index in [1.54, 1.807) is 0 Å². The summed E-state index contributed by atoms with van der Waals surface area (Å²) in [4.78, 5) is 28.7. The highest BCUT2D eigenvalue weighted by molar-refractivity contribution is 7.89. The molecule has 0 atom stereocenters. The molecule has 0 fully saturated rings. The first kappa shape index (κ1) is 28.5. The van der Waals surface area contributed by atoms with E-state index < -0.39 is 20.9 Å². The van der Waals surface area contributed by atoms with Crippen LogP contribution in [0.4, 0.5) is 10.8 Å². The Bertz CT molecular complexity index is 1700. The zero-order valence-corrected chi connectivity index (χ0v) is 23.1. The van der Waals surface area contributed by atoms with Crippen LogP contribution >= 0.6 is 11.3 Å². The number of nitrogens with zero attached hydrogens (tertiary/aromatic N) is 5. The number of sulfonamides is 1. The van der Waals surface area contributed by atoms with Crippen LogP contribution in [0.5, 0.6) is 0 Å². The predicted octanol–water partition coefficient (Wildman–Crippen LogP) is 5.56. The number of thiazole rings is 1. The number of nitro groups is 1. The smallest absolute Gasteiger partial charge is 0.267 e. The van der Waals surface area contributed by atoms with Gasteiger partial charge in [-0.1, -0.05) is 29.6 Å². The lowest BCUT2D eigenvalue weighted by molar-refractivity contribution is -0.384. The van der Waals surface area contributed by atoms with Crippen LogP contribution in [-0.4, -0.2) is 47.8 Å². The summed E-state index contributed by atoms with van der Waals surface area (Å²) in [6.45, 7) is 9.39. The maximum Gasteiger partial charge on any atom is 0.280 e. The number of carbonyl (C=O) groups is 1. The normalized spacial score (nSPS) is 11.7. The number of hydrazone groups is 1. The predicted molar refractivity (Wildman–Crippen MR) is 157 cm³/mol. The Kier molecular flexibility index (Phi) is 8.63. The summed E-state index contributed by atoms with van der Waals surface area (Å²) in [5.41, 5.74) is 2.38. The Labute approximate surface area is 235 Å². The van der Waals surface area contributed by atoms with Crippen LogP contribution in [0.25, 0.3) is 10.2 Å². The van der Waals surface area contributed by atoms with Gasteiger partial charge in [0.2, 0.25) is 15.2 Å². The molecule has 0 radical (unpaired) electrons. The van der Waals surface area contributed by atoms with E-state index in [9.17, 15) is 23.3 Å². The van der Waals surface area contributed by atoms with Gasteiger partial charge in [0.25, 0.3) is 11.6 Å². The van der Waals surface area contributed by atoms with Crippen molar-refractivity contribution in [2.24, 2.45) is 5.10 Å². The second kappa shape index (κ2) is 12.1. The van der Waals surface area contributed by atoms with Crippen molar-refractivity contribution in [2.45, 2.75) is 11.8 Å². The van der Waals surface area contributed by atoms with Gasteiger partial charge in [-0.25, -0.2) is 13.4 Å². The van der Waals surface area contributed by atoms with Crippen LogP contribution < -0.4 is 5.01 Å². The van der Waals surface area contributed by atoms with Crippen molar-refractivity contribution in [1.82, 2.24) is 9.29 Å². The van der Waals surface area contributed by atoms with Gasteiger partial charge in [0, 0.05) is 30.8 Å². The van der Waals surface area contributed by atoms with Gasteiger partial charge >= 0.3 is 0 Å².